The number of carbonyl (C=O) groups excluding carboxylic acids is 3. The minimum Gasteiger partial charge on any atom is -0.274 e. The molecule has 76 valence electrons. The molecule has 1 N–H and O–H groups in total. The molecule has 0 bridgehead atoms. The molecule has 15 heavy (non-hydrogen) atoms. The number of amides is 3. The van der Waals surface area contributed by atoms with E-state index in [0.717, 1.165) is 5.01 Å². The molecule has 0 radical (unpaired) electrons. The average Bonchev–Trinajstić information content (AvgIpc) is 2.44. The number of nitrogens with zero attached hydrogens (tertiary/aromatic N) is 1. The number of nitrogens with one attached hydrogen (secondary N) is 1. The van der Waals surface area contributed by atoms with Crippen molar-refractivity contribution >= 4 is 17.7 Å². The highest BCUT2D eigenvalue weighted by atomic mass is 16.2. The molecule has 1 aliphatic heterocycles. The van der Waals surface area contributed by atoms with Gasteiger partial charge in [0.1, 0.15) is 0 Å². The van der Waals surface area contributed by atoms with Gasteiger partial charge >= 0.3 is 0 Å². The Hall–Kier alpha value is -2.17. The number of rotatable bonds is 1. The van der Waals surface area contributed by atoms with Gasteiger partial charge in [-0.05, 0) is 12.1 Å². The Balaban J connectivity index is 2.41. The molecule has 1 heterocycles. The summed E-state index contributed by atoms with van der Waals surface area (Å²) in [5.74, 6) is -1.44. The fourth-order valence-electron chi connectivity index (χ4n) is 1.45. The summed E-state index contributed by atoms with van der Waals surface area (Å²) in [4.78, 5) is 34.1. The molecule has 1 aromatic rings. The monoisotopic (exact) mass is 204 g/mol. The minimum absolute atomic E-state index is 0.316. The summed E-state index contributed by atoms with van der Waals surface area (Å²) in [5, 5.41) is 0.729. The van der Waals surface area contributed by atoms with Crippen molar-refractivity contribution in [1.29, 1.82) is 0 Å². The maximum atomic E-state index is 11.6. The standard InChI is InChI=1S/C10H8N2O3/c1-6(13)11-12-9(14)7-4-2-3-5-8(7)10(12)15/h2-5H,1H3,(H,11,13). The lowest BCUT2D eigenvalue weighted by atomic mass is 10.1. The Labute approximate surface area is 85.6 Å². The molecule has 0 fully saturated rings. The van der Waals surface area contributed by atoms with Crippen LogP contribution in [-0.4, -0.2) is 22.7 Å². The summed E-state index contributed by atoms with van der Waals surface area (Å²) in [7, 11) is 0. The molecule has 0 saturated carbocycles. The molecule has 5 heteroatoms. The summed E-state index contributed by atoms with van der Waals surface area (Å²) in [6.45, 7) is 1.24. The van der Waals surface area contributed by atoms with Gasteiger partial charge in [-0.15, -0.1) is 0 Å². The van der Waals surface area contributed by atoms with Crippen molar-refractivity contribution in [2.45, 2.75) is 6.92 Å². The van der Waals surface area contributed by atoms with Gasteiger partial charge in [0, 0.05) is 6.92 Å². The molecule has 0 aromatic heterocycles. The lowest BCUT2D eigenvalue weighted by Crippen LogP contribution is -2.44. The second-order valence-corrected chi connectivity index (χ2v) is 3.16. The van der Waals surface area contributed by atoms with E-state index in [4.69, 9.17) is 0 Å². The zero-order valence-corrected chi connectivity index (χ0v) is 7.98. The van der Waals surface area contributed by atoms with Crippen LogP contribution in [0.1, 0.15) is 27.6 Å². The van der Waals surface area contributed by atoms with Gasteiger partial charge in [0.15, 0.2) is 0 Å². The highest BCUT2D eigenvalue weighted by Gasteiger charge is 2.35. The van der Waals surface area contributed by atoms with Gasteiger partial charge in [0.05, 0.1) is 11.1 Å². The summed E-state index contributed by atoms with van der Waals surface area (Å²) < 4.78 is 0. The third kappa shape index (κ3) is 1.38. The lowest BCUT2D eigenvalue weighted by molar-refractivity contribution is -0.122. The first kappa shape index (κ1) is 9.39. The third-order valence-electron chi connectivity index (χ3n) is 2.06. The third-order valence-corrected chi connectivity index (χ3v) is 2.06. The predicted molar refractivity (Wildman–Crippen MR) is 50.8 cm³/mol. The van der Waals surface area contributed by atoms with Gasteiger partial charge in [0.2, 0.25) is 5.91 Å². The predicted octanol–water partition coefficient (Wildman–Crippen LogP) is 0.334. The van der Waals surface area contributed by atoms with E-state index < -0.39 is 17.7 Å². The fraction of sp³-hybridized carbons (Fsp3) is 0.100. The number of fused-ring (bicyclic) bond motifs is 1. The molecule has 1 aromatic carbocycles. The molecular formula is C10H8N2O3. The molecule has 0 aliphatic carbocycles. The zero-order valence-electron chi connectivity index (χ0n) is 7.98. The highest BCUT2D eigenvalue weighted by Crippen LogP contribution is 2.20. The quantitative estimate of drug-likeness (QED) is 0.670. The lowest BCUT2D eigenvalue weighted by Gasteiger charge is -2.12. The van der Waals surface area contributed by atoms with Crippen molar-refractivity contribution in [3.8, 4) is 0 Å². The highest BCUT2D eigenvalue weighted by molar-refractivity contribution is 6.21. The summed E-state index contributed by atoms with van der Waals surface area (Å²) >= 11 is 0. The number of hydrazine groups is 1. The number of imide groups is 1. The van der Waals surface area contributed by atoms with Gasteiger partial charge in [-0.3, -0.25) is 19.8 Å². The second kappa shape index (κ2) is 3.20. The topological polar surface area (TPSA) is 66.5 Å². The van der Waals surface area contributed by atoms with Crippen LogP contribution in [0.2, 0.25) is 0 Å². The van der Waals surface area contributed by atoms with E-state index in [0.29, 0.717) is 11.1 Å². The molecular weight excluding hydrogens is 196 g/mol. The average molecular weight is 204 g/mol. The van der Waals surface area contributed by atoms with Crippen LogP contribution in [0.25, 0.3) is 0 Å². The SMILES string of the molecule is CC(=O)NN1C(=O)c2ccccc2C1=O. The van der Waals surface area contributed by atoms with Crippen LogP contribution in [0.3, 0.4) is 0 Å². The Bertz CT molecular complexity index is 432. The maximum absolute atomic E-state index is 11.6. The van der Waals surface area contributed by atoms with E-state index in [1.807, 2.05) is 0 Å². The zero-order chi connectivity index (χ0) is 11.0. The Morgan fingerprint density at radius 3 is 2.00 bits per heavy atom. The van der Waals surface area contributed by atoms with Crippen molar-refractivity contribution in [2.75, 3.05) is 0 Å². The van der Waals surface area contributed by atoms with E-state index in [1.54, 1.807) is 24.3 Å². The largest absolute Gasteiger partial charge is 0.280 e. The Kier molecular flexibility index (Phi) is 2.00. The van der Waals surface area contributed by atoms with Gasteiger partial charge in [-0.2, -0.15) is 5.01 Å². The van der Waals surface area contributed by atoms with Crippen LogP contribution in [0.4, 0.5) is 0 Å². The molecule has 1 aliphatic rings. The van der Waals surface area contributed by atoms with E-state index in [9.17, 15) is 14.4 Å². The van der Waals surface area contributed by atoms with Crippen LogP contribution >= 0.6 is 0 Å². The van der Waals surface area contributed by atoms with E-state index in [1.165, 1.54) is 6.92 Å². The number of carbonyl (C=O) groups is 3. The molecule has 2 rings (SSSR count). The van der Waals surface area contributed by atoms with E-state index in [-0.39, 0.29) is 0 Å². The molecule has 0 spiro atoms. The first-order chi connectivity index (χ1) is 7.11. The van der Waals surface area contributed by atoms with Gasteiger partial charge in [-0.25, -0.2) is 0 Å². The van der Waals surface area contributed by atoms with Crippen molar-refractivity contribution in [3.63, 3.8) is 0 Å². The summed E-state index contributed by atoms with van der Waals surface area (Å²) in [5.41, 5.74) is 2.82. The number of hydrogen-bond donors (Lipinski definition) is 1. The van der Waals surface area contributed by atoms with Crippen molar-refractivity contribution < 1.29 is 14.4 Å². The minimum atomic E-state index is -0.495. The first-order valence-electron chi connectivity index (χ1n) is 4.36. The van der Waals surface area contributed by atoms with Crippen LogP contribution in [-0.2, 0) is 4.79 Å². The molecule has 0 unspecified atom stereocenters. The smallest absolute Gasteiger partial charge is 0.274 e. The second-order valence-electron chi connectivity index (χ2n) is 3.16. The van der Waals surface area contributed by atoms with E-state index >= 15 is 0 Å². The molecule has 0 saturated heterocycles. The van der Waals surface area contributed by atoms with Crippen LogP contribution in [0, 0.1) is 0 Å². The van der Waals surface area contributed by atoms with Gasteiger partial charge < -0.3 is 0 Å². The fourth-order valence-corrected chi connectivity index (χ4v) is 1.45. The van der Waals surface area contributed by atoms with Crippen molar-refractivity contribution in [3.05, 3.63) is 35.4 Å². The maximum Gasteiger partial charge on any atom is 0.280 e. The Morgan fingerprint density at radius 1 is 1.13 bits per heavy atom. The van der Waals surface area contributed by atoms with Crippen LogP contribution in [0.5, 0.6) is 0 Å². The normalized spacial score (nSPS) is 14.1. The first-order valence-corrected chi connectivity index (χ1v) is 4.36. The van der Waals surface area contributed by atoms with Crippen LogP contribution in [0.15, 0.2) is 24.3 Å². The number of hydrogen-bond acceptors (Lipinski definition) is 3. The molecule has 0 atom stereocenters. The van der Waals surface area contributed by atoms with Crippen molar-refractivity contribution in [2.24, 2.45) is 0 Å². The molecule has 5 nitrogen and oxygen atoms in total. The van der Waals surface area contributed by atoms with Gasteiger partial charge in [-0.1, -0.05) is 12.1 Å². The van der Waals surface area contributed by atoms with Gasteiger partial charge in [0.25, 0.3) is 11.8 Å². The number of benzene rings is 1. The molecule has 3 amide bonds. The summed E-state index contributed by atoms with van der Waals surface area (Å²) in [6, 6.07) is 6.44. The van der Waals surface area contributed by atoms with Crippen LogP contribution < -0.4 is 5.43 Å². The van der Waals surface area contributed by atoms with E-state index in [2.05, 4.69) is 5.43 Å². The summed E-state index contributed by atoms with van der Waals surface area (Å²) in [6.07, 6.45) is 0. The van der Waals surface area contributed by atoms with Crippen molar-refractivity contribution in [1.82, 2.24) is 10.4 Å². The Morgan fingerprint density at radius 2 is 1.60 bits per heavy atom.